The first kappa shape index (κ1) is 17.0. The summed E-state index contributed by atoms with van der Waals surface area (Å²) in [4.78, 5) is 18.2. The van der Waals surface area contributed by atoms with E-state index in [1.54, 1.807) is 6.07 Å². The smallest absolute Gasteiger partial charge is 0.227 e. The average molecular weight is 356 g/mol. The topological polar surface area (TPSA) is 38.7 Å². The maximum atomic E-state index is 14.0. The van der Waals surface area contributed by atoms with Crippen LogP contribution in [-0.2, 0) is 0 Å². The molecule has 7 heteroatoms. The van der Waals surface area contributed by atoms with Gasteiger partial charge in [-0.05, 0) is 25.2 Å². The molecular formula is C19H25FN6. The van der Waals surface area contributed by atoms with Crippen molar-refractivity contribution in [3.63, 3.8) is 0 Å². The number of halogens is 1. The zero-order valence-electron chi connectivity index (χ0n) is 15.2. The highest BCUT2D eigenvalue weighted by atomic mass is 19.1. The third kappa shape index (κ3) is 3.58. The summed E-state index contributed by atoms with van der Waals surface area (Å²) in [6.07, 6.45) is 1.85. The number of para-hydroxylation sites is 1. The van der Waals surface area contributed by atoms with Crippen molar-refractivity contribution in [1.29, 1.82) is 0 Å². The van der Waals surface area contributed by atoms with Crippen molar-refractivity contribution < 1.29 is 4.39 Å². The van der Waals surface area contributed by atoms with Crippen molar-refractivity contribution in [3.05, 3.63) is 42.3 Å². The third-order valence-corrected chi connectivity index (χ3v) is 5.21. The molecule has 0 amide bonds. The summed E-state index contributed by atoms with van der Waals surface area (Å²) in [7, 11) is 2.14. The quantitative estimate of drug-likeness (QED) is 0.833. The van der Waals surface area contributed by atoms with E-state index in [9.17, 15) is 4.39 Å². The maximum Gasteiger partial charge on any atom is 0.227 e. The predicted octanol–water partition coefficient (Wildman–Crippen LogP) is 1.69. The molecule has 0 N–H and O–H groups in total. The Morgan fingerprint density at radius 2 is 1.46 bits per heavy atom. The molecule has 1 aromatic carbocycles. The lowest BCUT2D eigenvalue weighted by Gasteiger charge is -2.37. The highest BCUT2D eigenvalue weighted by Gasteiger charge is 2.22. The van der Waals surface area contributed by atoms with E-state index in [1.165, 1.54) is 6.07 Å². The molecule has 2 aromatic rings. The van der Waals surface area contributed by atoms with E-state index >= 15 is 0 Å². The molecule has 0 bridgehead atoms. The fraction of sp³-hybridized carbons (Fsp3) is 0.474. The van der Waals surface area contributed by atoms with Gasteiger partial charge >= 0.3 is 0 Å². The highest BCUT2D eigenvalue weighted by molar-refractivity contribution is 5.51. The van der Waals surface area contributed by atoms with Crippen LogP contribution in [0.2, 0.25) is 0 Å². The van der Waals surface area contributed by atoms with Gasteiger partial charge in [0.05, 0.1) is 5.69 Å². The molecule has 4 rings (SSSR count). The van der Waals surface area contributed by atoms with Gasteiger partial charge in [0.25, 0.3) is 0 Å². The van der Waals surface area contributed by atoms with Gasteiger partial charge in [0.15, 0.2) is 0 Å². The van der Waals surface area contributed by atoms with Crippen molar-refractivity contribution >= 4 is 17.5 Å². The van der Waals surface area contributed by atoms with E-state index in [1.807, 2.05) is 24.4 Å². The Labute approximate surface area is 153 Å². The number of anilines is 3. The number of aromatic nitrogens is 2. The van der Waals surface area contributed by atoms with Crippen LogP contribution < -0.4 is 14.7 Å². The second-order valence-electron chi connectivity index (χ2n) is 6.93. The van der Waals surface area contributed by atoms with Gasteiger partial charge in [-0.1, -0.05) is 12.1 Å². The second-order valence-corrected chi connectivity index (χ2v) is 6.93. The number of hydrogen-bond donors (Lipinski definition) is 0. The normalized spacial score (nSPS) is 19.1. The Bertz CT molecular complexity index is 738. The SMILES string of the molecule is CN1CCN(c2nccc(N3CCN(c4ccccc4F)CC3)n2)CC1. The molecule has 0 spiro atoms. The van der Waals surface area contributed by atoms with E-state index in [-0.39, 0.29) is 5.82 Å². The molecule has 2 saturated heterocycles. The van der Waals surface area contributed by atoms with Crippen LogP contribution in [0.1, 0.15) is 0 Å². The standard InChI is InChI=1S/C19H25FN6/c1-23-8-10-26(11-9-23)19-21-7-6-18(22-19)25-14-12-24(13-15-25)17-5-3-2-4-16(17)20/h2-7H,8-15H2,1H3. The Hall–Kier alpha value is -2.41. The maximum absolute atomic E-state index is 14.0. The van der Waals surface area contributed by atoms with E-state index < -0.39 is 0 Å². The van der Waals surface area contributed by atoms with E-state index in [0.29, 0.717) is 5.69 Å². The molecule has 0 radical (unpaired) electrons. The summed E-state index contributed by atoms with van der Waals surface area (Å²) >= 11 is 0. The van der Waals surface area contributed by atoms with E-state index in [0.717, 1.165) is 64.1 Å². The molecule has 6 nitrogen and oxygen atoms in total. The monoisotopic (exact) mass is 356 g/mol. The Kier molecular flexibility index (Phi) is 4.88. The molecule has 1 aromatic heterocycles. The number of hydrogen-bond acceptors (Lipinski definition) is 6. The third-order valence-electron chi connectivity index (χ3n) is 5.21. The summed E-state index contributed by atoms with van der Waals surface area (Å²) in [5.41, 5.74) is 0.688. The van der Waals surface area contributed by atoms with Gasteiger partial charge in [0, 0.05) is 58.6 Å². The van der Waals surface area contributed by atoms with Crippen LogP contribution >= 0.6 is 0 Å². The summed E-state index contributed by atoms with van der Waals surface area (Å²) in [6.45, 7) is 7.22. The zero-order chi connectivity index (χ0) is 17.9. The lowest BCUT2D eigenvalue weighted by Crippen LogP contribution is -2.47. The van der Waals surface area contributed by atoms with Gasteiger partial charge in [-0.25, -0.2) is 9.37 Å². The van der Waals surface area contributed by atoms with Gasteiger partial charge < -0.3 is 19.6 Å². The number of benzene rings is 1. The first-order chi connectivity index (χ1) is 12.7. The van der Waals surface area contributed by atoms with Gasteiger partial charge in [-0.3, -0.25) is 0 Å². The van der Waals surface area contributed by atoms with Crippen LogP contribution in [0.25, 0.3) is 0 Å². The van der Waals surface area contributed by atoms with Crippen LogP contribution in [0.5, 0.6) is 0 Å². The first-order valence-corrected chi connectivity index (χ1v) is 9.22. The minimum Gasteiger partial charge on any atom is -0.366 e. The number of rotatable bonds is 3. The molecule has 0 atom stereocenters. The number of piperazine rings is 2. The summed E-state index contributed by atoms with van der Waals surface area (Å²) in [5, 5.41) is 0. The minimum absolute atomic E-state index is 0.152. The molecule has 2 aliphatic rings. The van der Waals surface area contributed by atoms with Gasteiger partial charge in [0.1, 0.15) is 11.6 Å². The van der Waals surface area contributed by atoms with Crippen LogP contribution in [0.15, 0.2) is 36.5 Å². The van der Waals surface area contributed by atoms with Crippen molar-refractivity contribution in [2.75, 3.05) is 74.1 Å². The fourth-order valence-corrected chi connectivity index (χ4v) is 3.56. The molecule has 2 fully saturated rings. The average Bonchev–Trinajstić information content (AvgIpc) is 2.69. The Morgan fingerprint density at radius 1 is 0.808 bits per heavy atom. The lowest BCUT2D eigenvalue weighted by molar-refractivity contribution is 0.311. The minimum atomic E-state index is -0.152. The van der Waals surface area contributed by atoms with Crippen LogP contribution in [0.4, 0.5) is 21.8 Å². The molecular weight excluding hydrogens is 331 g/mol. The second kappa shape index (κ2) is 7.45. The van der Waals surface area contributed by atoms with E-state index in [2.05, 4.69) is 31.6 Å². The molecule has 0 saturated carbocycles. The largest absolute Gasteiger partial charge is 0.366 e. The van der Waals surface area contributed by atoms with Crippen molar-refractivity contribution in [2.24, 2.45) is 0 Å². The van der Waals surface area contributed by atoms with Gasteiger partial charge in [0.2, 0.25) is 5.95 Å². The zero-order valence-corrected chi connectivity index (χ0v) is 15.2. The summed E-state index contributed by atoms with van der Waals surface area (Å²) < 4.78 is 14.0. The number of likely N-dealkylation sites (N-methyl/N-ethyl adjacent to an activating group) is 1. The Balaban J connectivity index is 1.42. The fourth-order valence-electron chi connectivity index (χ4n) is 3.56. The Morgan fingerprint density at radius 3 is 2.19 bits per heavy atom. The summed E-state index contributed by atoms with van der Waals surface area (Å²) in [6, 6.07) is 8.96. The van der Waals surface area contributed by atoms with Crippen molar-refractivity contribution in [1.82, 2.24) is 14.9 Å². The first-order valence-electron chi connectivity index (χ1n) is 9.22. The van der Waals surface area contributed by atoms with Crippen LogP contribution in [-0.4, -0.2) is 74.3 Å². The van der Waals surface area contributed by atoms with E-state index in [4.69, 9.17) is 4.98 Å². The molecule has 0 aliphatic carbocycles. The molecule has 26 heavy (non-hydrogen) atoms. The van der Waals surface area contributed by atoms with Crippen LogP contribution in [0.3, 0.4) is 0 Å². The molecule has 138 valence electrons. The lowest BCUT2D eigenvalue weighted by atomic mass is 10.2. The predicted molar refractivity (Wildman–Crippen MR) is 103 cm³/mol. The highest BCUT2D eigenvalue weighted by Crippen LogP contribution is 2.23. The van der Waals surface area contributed by atoms with Crippen molar-refractivity contribution in [3.8, 4) is 0 Å². The molecule has 3 heterocycles. The number of nitrogens with zero attached hydrogens (tertiary/aromatic N) is 6. The van der Waals surface area contributed by atoms with Gasteiger partial charge in [-0.15, -0.1) is 0 Å². The van der Waals surface area contributed by atoms with Crippen molar-refractivity contribution in [2.45, 2.75) is 0 Å². The molecule has 2 aliphatic heterocycles. The van der Waals surface area contributed by atoms with Crippen LogP contribution in [0, 0.1) is 5.82 Å². The summed E-state index contributed by atoms with van der Waals surface area (Å²) in [5.74, 6) is 1.62. The molecule has 0 unspecified atom stereocenters. The van der Waals surface area contributed by atoms with Gasteiger partial charge in [-0.2, -0.15) is 4.98 Å².